The van der Waals surface area contributed by atoms with Crippen molar-refractivity contribution in [2.75, 3.05) is 13.1 Å². The van der Waals surface area contributed by atoms with Crippen LogP contribution in [0.3, 0.4) is 0 Å². The summed E-state index contributed by atoms with van der Waals surface area (Å²) in [6, 6.07) is 5.19. The molecule has 1 saturated heterocycles. The van der Waals surface area contributed by atoms with Gasteiger partial charge in [-0.1, -0.05) is 0 Å². The molecule has 0 radical (unpaired) electrons. The van der Waals surface area contributed by atoms with Gasteiger partial charge in [0, 0.05) is 23.4 Å². The zero-order chi connectivity index (χ0) is 13.2. The van der Waals surface area contributed by atoms with E-state index in [0.29, 0.717) is 11.5 Å². The predicted molar refractivity (Wildman–Crippen MR) is 77.1 cm³/mol. The first-order valence-corrected chi connectivity index (χ1v) is 7.54. The highest BCUT2D eigenvalue weighted by atomic mass is 32.1. The molecular formula is C15H17FN2S. The number of nitrogens with zero attached hydrogens (tertiary/aromatic N) is 1. The van der Waals surface area contributed by atoms with E-state index in [9.17, 15) is 4.39 Å². The molecule has 0 aliphatic carbocycles. The fourth-order valence-corrected chi connectivity index (χ4v) is 3.44. The number of benzene rings is 1. The second-order valence-electron chi connectivity index (χ2n) is 5.08. The molecule has 0 amide bonds. The van der Waals surface area contributed by atoms with Crippen LogP contribution >= 0.6 is 11.3 Å². The number of hydrogen-bond acceptors (Lipinski definition) is 3. The van der Waals surface area contributed by atoms with Gasteiger partial charge in [-0.05, 0) is 50.1 Å². The van der Waals surface area contributed by atoms with Crippen LogP contribution in [0.5, 0.6) is 0 Å². The summed E-state index contributed by atoms with van der Waals surface area (Å²) < 4.78 is 13.3. The lowest BCUT2D eigenvalue weighted by molar-refractivity contribution is 0.460. The van der Waals surface area contributed by atoms with Crippen molar-refractivity contribution < 1.29 is 4.39 Å². The van der Waals surface area contributed by atoms with Crippen molar-refractivity contribution in [3.63, 3.8) is 0 Å². The molecule has 2 aromatic rings. The molecule has 1 aromatic heterocycles. The van der Waals surface area contributed by atoms with E-state index < -0.39 is 0 Å². The third kappa shape index (κ3) is 2.69. The maximum Gasteiger partial charge on any atom is 0.126 e. The van der Waals surface area contributed by atoms with Crippen molar-refractivity contribution in [1.29, 1.82) is 0 Å². The van der Waals surface area contributed by atoms with Gasteiger partial charge in [-0.25, -0.2) is 9.37 Å². The van der Waals surface area contributed by atoms with Gasteiger partial charge >= 0.3 is 0 Å². The summed E-state index contributed by atoms with van der Waals surface area (Å²) in [6.07, 6.45) is 2.43. The maximum atomic E-state index is 13.3. The van der Waals surface area contributed by atoms with Crippen molar-refractivity contribution in [2.24, 2.45) is 0 Å². The van der Waals surface area contributed by atoms with E-state index in [4.69, 9.17) is 4.98 Å². The lowest BCUT2D eigenvalue weighted by Crippen LogP contribution is -2.28. The van der Waals surface area contributed by atoms with Gasteiger partial charge in [0.15, 0.2) is 0 Å². The zero-order valence-electron chi connectivity index (χ0n) is 10.9. The van der Waals surface area contributed by atoms with E-state index in [1.54, 1.807) is 24.3 Å². The molecule has 100 valence electrons. The number of piperidine rings is 1. The van der Waals surface area contributed by atoms with Crippen LogP contribution in [-0.4, -0.2) is 18.1 Å². The SMILES string of the molecule is Cc1cc(-c2csc(C3CCCNC3)n2)ccc1F. The fraction of sp³-hybridized carbons (Fsp3) is 0.400. The molecule has 1 aliphatic heterocycles. The van der Waals surface area contributed by atoms with E-state index in [1.165, 1.54) is 23.9 Å². The summed E-state index contributed by atoms with van der Waals surface area (Å²) in [4.78, 5) is 4.73. The number of hydrogen-bond donors (Lipinski definition) is 1. The van der Waals surface area contributed by atoms with Crippen molar-refractivity contribution in [2.45, 2.75) is 25.7 Å². The molecule has 1 atom stereocenters. The quantitative estimate of drug-likeness (QED) is 0.904. The summed E-state index contributed by atoms with van der Waals surface area (Å²) in [6.45, 7) is 3.93. The van der Waals surface area contributed by atoms with Gasteiger partial charge in [-0.2, -0.15) is 0 Å². The smallest absolute Gasteiger partial charge is 0.126 e. The van der Waals surface area contributed by atoms with Gasteiger partial charge in [-0.3, -0.25) is 0 Å². The van der Waals surface area contributed by atoms with Crippen molar-refractivity contribution in [1.82, 2.24) is 10.3 Å². The monoisotopic (exact) mass is 276 g/mol. The summed E-state index contributed by atoms with van der Waals surface area (Å²) in [5.41, 5.74) is 2.64. The van der Waals surface area contributed by atoms with E-state index >= 15 is 0 Å². The molecule has 0 bridgehead atoms. The maximum absolute atomic E-state index is 13.3. The minimum Gasteiger partial charge on any atom is -0.316 e. The third-order valence-corrected chi connectivity index (χ3v) is 4.63. The van der Waals surface area contributed by atoms with Gasteiger partial charge in [0.1, 0.15) is 5.82 Å². The Morgan fingerprint density at radius 3 is 3.05 bits per heavy atom. The lowest BCUT2D eigenvalue weighted by Gasteiger charge is -2.20. The minimum atomic E-state index is -0.157. The number of nitrogens with one attached hydrogen (secondary N) is 1. The van der Waals surface area contributed by atoms with Crippen LogP contribution in [0, 0.1) is 12.7 Å². The van der Waals surface area contributed by atoms with Crippen LogP contribution in [-0.2, 0) is 0 Å². The van der Waals surface area contributed by atoms with E-state index in [0.717, 1.165) is 24.3 Å². The number of halogens is 1. The van der Waals surface area contributed by atoms with Crippen molar-refractivity contribution in [3.05, 3.63) is 40.0 Å². The molecule has 4 heteroatoms. The fourth-order valence-electron chi connectivity index (χ4n) is 2.47. The van der Waals surface area contributed by atoms with Gasteiger partial charge < -0.3 is 5.32 Å². The summed E-state index contributed by atoms with van der Waals surface area (Å²) in [5, 5.41) is 6.69. The summed E-state index contributed by atoms with van der Waals surface area (Å²) in [7, 11) is 0. The number of rotatable bonds is 2. The molecule has 0 saturated carbocycles. The Balaban J connectivity index is 1.85. The van der Waals surface area contributed by atoms with Gasteiger partial charge in [0.2, 0.25) is 0 Å². The summed E-state index contributed by atoms with van der Waals surface area (Å²) >= 11 is 1.72. The van der Waals surface area contributed by atoms with Crippen LogP contribution in [0.1, 0.15) is 29.3 Å². The molecule has 1 fully saturated rings. The Kier molecular flexibility index (Phi) is 3.62. The predicted octanol–water partition coefficient (Wildman–Crippen LogP) is 3.72. The third-order valence-electron chi connectivity index (χ3n) is 3.62. The minimum absolute atomic E-state index is 0.157. The number of aromatic nitrogens is 1. The zero-order valence-corrected chi connectivity index (χ0v) is 11.8. The highest BCUT2D eigenvalue weighted by molar-refractivity contribution is 7.10. The van der Waals surface area contributed by atoms with E-state index in [-0.39, 0.29) is 5.82 Å². The first kappa shape index (κ1) is 12.8. The molecule has 2 nitrogen and oxygen atoms in total. The highest BCUT2D eigenvalue weighted by Crippen LogP contribution is 2.30. The average Bonchev–Trinajstić information content (AvgIpc) is 2.93. The van der Waals surface area contributed by atoms with Crippen LogP contribution in [0.4, 0.5) is 4.39 Å². The molecule has 3 rings (SSSR count). The summed E-state index contributed by atoms with van der Waals surface area (Å²) in [5.74, 6) is 0.379. The Labute approximate surface area is 116 Å². The Bertz CT molecular complexity index is 573. The topological polar surface area (TPSA) is 24.9 Å². The molecular weight excluding hydrogens is 259 g/mol. The largest absolute Gasteiger partial charge is 0.316 e. The second kappa shape index (κ2) is 5.39. The van der Waals surface area contributed by atoms with Crippen LogP contribution < -0.4 is 5.32 Å². The number of thiazole rings is 1. The lowest BCUT2D eigenvalue weighted by atomic mass is 10.0. The molecule has 19 heavy (non-hydrogen) atoms. The van der Waals surface area contributed by atoms with Crippen LogP contribution in [0.2, 0.25) is 0 Å². The first-order chi connectivity index (χ1) is 9.24. The average molecular weight is 276 g/mol. The van der Waals surface area contributed by atoms with Gasteiger partial charge in [-0.15, -0.1) is 11.3 Å². The molecule has 1 unspecified atom stereocenters. The van der Waals surface area contributed by atoms with E-state index in [2.05, 4.69) is 10.7 Å². The van der Waals surface area contributed by atoms with Crippen LogP contribution in [0.15, 0.2) is 23.6 Å². The Morgan fingerprint density at radius 2 is 2.32 bits per heavy atom. The van der Waals surface area contributed by atoms with Crippen molar-refractivity contribution in [3.8, 4) is 11.3 Å². The Morgan fingerprint density at radius 1 is 1.42 bits per heavy atom. The highest BCUT2D eigenvalue weighted by Gasteiger charge is 2.18. The van der Waals surface area contributed by atoms with Gasteiger partial charge in [0.25, 0.3) is 0 Å². The molecule has 1 aliphatic rings. The standard InChI is InChI=1S/C15H17FN2S/c1-10-7-11(4-5-13(10)16)14-9-19-15(18-14)12-3-2-6-17-8-12/h4-5,7,9,12,17H,2-3,6,8H2,1H3. The van der Waals surface area contributed by atoms with Gasteiger partial charge in [0.05, 0.1) is 10.7 Å². The number of aryl methyl sites for hydroxylation is 1. The molecule has 1 aromatic carbocycles. The van der Waals surface area contributed by atoms with Crippen LogP contribution in [0.25, 0.3) is 11.3 Å². The molecule has 0 spiro atoms. The Hall–Kier alpha value is -1.26. The van der Waals surface area contributed by atoms with Crippen molar-refractivity contribution >= 4 is 11.3 Å². The normalized spacial score (nSPS) is 19.6. The molecule has 2 heterocycles. The first-order valence-electron chi connectivity index (χ1n) is 6.67. The van der Waals surface area contributed by atoms with E-state index in [1.807, 2.05) is 6.07 Å². The second-order valence-corrected chi connectivity index (χ2v) is 5.97. The molecule has 1 N–H and O–H groups in total.